The summed E-state index contributed by atoms with van der Waals surface area (Å²) in [6.07, 6.45) is 1.63. The van der Waals surface area contributed by atoms with Crippen LogP contribution < -0.4 is 10.9 Å². The third kappa shape index (κ3) is 4.45. The lowest BCUT2D eigenvalue weighted by molar-refractivity contribution is 0.0364. The molecule has 0 aliphatic carbocycles. The molecule has 4 rings (SSSR count). The average Bonchev–Trinajstić information content (AvgIpc) is 2.75. The number of nitrogens with zero attached hydrogens (tertiary/aromatic N) is 4. The molecule has 150 valence electrons. The summed E-state index contributed by atoms with van der Waals surface area (Å²) in [6.45, 7) is 4.15. The molecule has 1 fully saturated rings. The second kappa shape index (κ2) is 8.69. The zero-order valence-corrected chi connectivity index (χ0v) is 16.4. The normalized spacial score (nSPS) is 14.8. The summed E-state index contributed by atoms with van der Waals surface area (Å²) < 4.78 is 6.93. The standard InChI is InChI=1S/C20H20ClN5O3/c21-15-5-3-14(4-6-15)19(27)24-17-20(28)26(9-8-25-10-12-29-13-11-25)18-16(23-17)2-1-7-22-18/h1-7H,8-13H2,(H,23,24,27). The Bertz CT molecular complexity index is 1080. The van der Waals surface area contributed by atoms with Crippen molar-refractivity contribution in [2.45, 2.75) is 6.54 Å². The minimum Gasteiger partial charge on any atom is -0.379 e. The van der Waals surface area contributed by atoms with Crippen LogP contribution in [0.25, 0.3) is 11.2 Å². The van der Waals surface area contributed by atoms with Gasteiger partial charge in [-0.25, -0.2) is 9.97 Å². The zero-order chi connectivity index (χ0) is 20.2. The molecule has 1 saturated heterocycles. The third-order valence-electron chi connectivity index (χ3n) is 4.78. The van der Waals surface area contributed by atoms with Crippen LogP contribution >= 0.6 is 11.6 Å². The van der Waals surface area contributed by atoms with Gasteiger partial charge in [0.25, 0.3) is 11.5 Å². The molecule has 0 unspecified atom stereocenters. The molecule has 9 heteroatoms. The van der Waals surface area contributed by atoms with Crippen LogP contribution in [0.15, 0.2) is 47.4 Å². The van der Waals surface area contributed by atoms with Gasteiger partial charge < -0.3 is 10.1 Å². The van der Waals surface area contributed by atoms with Gasteiger partial charge in [-0.15, -0.1) is 0 Å². The van der Waals surface area contributed by atoms with Crippen molar-refractivity contribution in [2.24, 2.45) is 0 Å². The summed E-state index contributed by atoms with van der Waals surface area (Å²) in [5, 5.41) is 3.16. The predicted molar refractivity (Wildman–Crippen MR) is 110 cm³/mol. The molecule has 0 bridgehead atoms. The maximum absolute atomic E-state index is 13.1. The van der Waals surface area contributed by atoms with Crippen LogP contribution in [0.2, 0.25) is 5.02 Å². The minimum atomic E-state index is -0.422. The number of benzene rings is 1. The van der Waals surface area contributed by atoms with Gasteiger partial charge in [0.15, 0.2) is 11.5 Å². The molecule has 1 aliphatic heterocycles. The molecule has 0 saturated carbocycles. The van der Waals surface area contributed by atoms with Crippen molar-refractivity contribution in [3.8, 4) is 0 Å². The number of hydrogen-bond acceptors (Lipinski definition) is 6. The molecule has 3 heterocycles. The van der Waals surface area contributed by atoms with E-state index >= 15 is 0 Å². The Kier molecular flexibility index (Phi) is 5.84. The second-order valence-corrected chi connectivity index (χ2v) is 7.11. The first-order chi connectivity index (χ1) is 14.1. The van der Waals surface area contributed by atoms with E-state index in [1.165, 1.54) is 0 Å². The number of fused-ring (bicyclic) bond motifs is 1. The van der Waals surface area contributed by atoms with Gasteiger partial charge in [-0.1, -0.05) is 11.6 Å². The van der Waals surface area contributed by atoms with Crippen LogP contribution in [0.1, 0.15) is 10.4 Å². The fourth-order valence-corrected chi connectivity index (χ4v) is 3.34. The number of carbonyl (C=O) groups excluding carboxylic acids is 1. The summed E-state index contributed by atoms with van der Waals surface area (Å²) in [7, 11) is 0. The molecular weight excluding hydrogens is 394 g/mol. The van der Waals surface area contributed by atoms with Crippen LogP contribution in [0.4, 0.5) is 5.82 Å². The molecule has 0 radical (unpaired) electrons. The number of morpholine rings is 1. The number of rotatable bonds is 5. The van der Waals surface area contributed by atoms with Crippen molar-refractivity contribution < 1.29 is 9.53 Å². The van der Waals surface area contributed by atoms with E-state index in [9.17, 15) is 9.59 Å². The van der Waals surface area contributed by atoms with E-state index in [1.807, 2.05) is 0 Å². The Morgan fingerprint density at radius 2 is 1.90 bits per heavy atom. The number of pyridine rings is 1. The number of nitrogens with one attached hydrogen (secondary N) is 1. The predicted octanol–water partition coefficient (Wildman–Crippen LogP) is 2.03. The maximum Gasteiger partial charge on any atom is 0.295 e. The molecule has 1 N–H and O–H groups in total. The first-order valence-electron chi connectivity index (χ1n) is 9.34. The van der Waals surface area contributed by atoms with Gasteiger partial charge in [0, 0.05) is 43.0 Å². The van der Waals surface area contributed by atoms with E-state index < -0.39 is 5.91 Å². The Morgan fingerprint density at radius 1 is 1.14 bits per heavy atom. The van der Waals surface area contributed by atoms with Crippen molar-refractivity contribution in [3.63, 3.8) is 0 Å². The van der Waals surface area contributed by atoms with Crippen molar-refractivity contribution in [3.05, 3.63) is 63.5 Å². The fraction of sp³-hybridized carbons (Fsp3) is 0.300. The maximum atomic E-state index is 13.1. The monoisotopic (exact) mass is 413 g/mol. The van der Waals surface area contributed by atoms with Crippen LogP contribution in [-0.2, 0) is 11.3 Å². The van der Waals surface area contributed by atoms with Crippen molar-refractivity contribution >= 4 is 34.5 Å². The Morgan fingerprint density at radius 3 is 2.66 bits per heavy atom. The van der Waals surface area contributed by atoms with Gasteiger partial charge in [-0.3, -0.25) is 19.1 Å². The Balaban J connectivity index is 1.63. The van der Waals surface area contributed by atoms with Gasteiger partial charge in [0.1, 0.15) is 5.52 Å². The van der Waals surface area contributed by atoms with Crippen LogP contribution in [0.5, 0.6) is 0 Å². The summed E-state index contributed by atoms with van der Waals surface area (Å²) in [5.74, 6) is -0.443. The smallest absolute Gasteiger partial charge is 0.295 e. The topological polar surface area (TPSA) is 89.3 Å². The molecule has 1 aromatic carbocycles. The zero-order valence-electron chi connectivity index (χ0n) is 15.7. The highest BCUT2D eigenvalue weighted by Crippen LogP contribution is 2.13. The van der Waals surface area contributed by atoms with E-state index in [1.54, 1.807) is 47.2 Å². The first kappa shape index (κ1) is 19.5. The third-order valence-corrected chi connectivity index (χ3v) is 5.04. The molecule has 1 amide bonds. The molecule has 2 aromatic heterocycles. The largest absolute Gasteiger partial charge is 0.379 e. The van der Waals surface area contributed by atoms with E-state index in [0.717, 1.165) is 13.1 Å². The van der Waals surface area contributed by atoms with Gasteiger partial charge >= 0.3 is 0 Å². The summed E-state index contributed by atoms with van der Waals surface area (Å²) in [5.41, 5.74) is 1.05. The number of aromatic nitrogens is 3. The lowest BCUT2D eigenvalue weighted by atomic mass is 10.2. The molecule has 29 heavy (non-hydrogen) atoms. The number of amides is 1. The van der Waals surface area contributed by atoms with Crippen molar-refractivity contribution in [1.82, 2.24) is 19.4 Å². The lowest BCUT2D eigenvalue weighted by Crippen LogP contribution is -2.39. The first-order valence-corrected chi connectivity index (χ1v) is 9.72. The van der Waals surface area contributed by atoms with E-state index in [2.05, 4.69) is 20.2 Å². The lowest BCUT2D eigenvalue weighted by Gasteiger charge is -2.26. The summed E-state index contributed by atoms with van der Waals surface area (Å²) in [6, 6.07) is 9.94. The Hall–Kier alpha value is -2.81. The summed E-state index contributed by atoms with van der Waals surface area (Å²) in [4.78, 5) is 36.5. The van der Waals surface area contributed by atoms with E-state index in [4.69, 9.17) is 16.3 Å². The van der Waals surface area contributed by atoms with Crippen LogP contribution in [0.3, 0.4) is 0 Å². The SMILES string of the molecule is O=C(Nc1nc2cccnc2n(CCN2CCOCC2)c1=O)c1ccc(Cl)cc1. The van der Waals surface area contributed by atoms with Crippen LogP contribution in [0, 0.1) is 0 Å². The Labute approximate surface area is 172 Å². The summed E-state index contributed by atoms with van der Waals surface area (Å²) >= 11 is 5.87. The van der Waals surface area contributed by atoms with Gasteiger partial charge in [0.05, 0.1) is 13.2 Å². The highest BCUT2D eigenvalue weighted by molar-refractivity contribution is 6.30. The van der Waals surface area contributed by atoms with Gasteiger partial charge in [-0.05, 0) is 36.4 Å². The molecule has 1 aliphatic rings. The van der Waals surface area contributed by atoms with Crippen molar-refractivity contribution in [2.75, 3.05) is 38.2 Å². The average molecular weight is 414 g/mol. The highest BCUT2D eigenvalue weighted by atomic mass is 35.5. The fourth-order valence-electron chi connectivity index (χ4n) is 3.21. The van der Waals surface area contributed by atoms with Gasteiger partial charge in [-0.2, -0.15) is 0 Å². The number of halogens is 1. The number of hydrogen-bond donors (Lipinski definition) is 1. The number of ether oxygens (including phenoxy) is 1. The molecule has 0 atom stereocenters. The minimum absolute atomic E-state index is 0.0209. The quantitative estimate of drug-likeness (QED) is 0.688. The second-order valence-electron chi connectivity index (χ2n) is 6.68. The van der Waals surface area contributed by atoms with Crippen LogP contribution in [-0.4, -0.2) is 58.2 Å². The van der Waals surface area contributed by atoms with Gasteiger partial charge in [0.2, 0.25) is 0 Å². The molecule has 0 spiro atoms. The molecule has 8 nitrogen and oxygen atoms in total. The molecule has 3 aromatic rings. The number of carbonyl (C=O) groups is 1. The van der Waals surface area contributed by atoms with Crippen molar-refractivity contribution in [1.29, 1.82) is 0 Å². The van der Waals surface area contributed by atoms with E-state index in [-0.39, 0.29) is 11.4 Å². The number of anilines is 1. The molecular formula is C20H20ClN5O3. The van der Waals surface area contributed by atoms with E-state index in [0.29, 0.717) is 48.1 Å². The highest BCUT2D eigenvalue weighted by Gasteiger charge is 2.17.